The van der Waals surface area contributed by atoms with E-state index in [-0.39, 0.29) is 24.1 Å². The zero-order valence-electron chi connectivity index (χ0n) is 18.7. The van der Waals surface area contributed by atoms with Crippen molar-refractivity contribution in [1.29, 1.82) is 5.26 Å². The van der Waals surface area contributed by atoms with Crippen LogP contribution in [0.25, 0.3) is 16.9 Å². The summed E-state index contributed by atoms with van der Waals surface area (Å²) in [5.41, 5.74) is 2.50. The van der Waals surface area contributed by atoms with Crippen molar-refractivity contribution < 1.29 is 9.18 Å². The number of pyridine rings is 1. The Balaban J connectivity index is 1.84. The standard InChI is InChI=1S/C26H22FN5O2/c1-17(2)25(33)30-24-13-18(11-12-29-24)23-16-31(15-20-6-4-3-5-19(20)14-28)26(34)32(23)22-9-7-21(27)8-10-22/h3-13,16-17H,15H2,1-2H3,(H,29,30,33). The Morgan fingerprint density at radius 2 is 1.88 bits per heavy atom. The first-order valence-corrected chi connectivity index (χ1v) is 10.7. The van der Waals surface area contributed by atoms with Crippen molar-refractivity contribution in [2.75, 3.05) is 5.32 Å². The van der Waals surface area contributed by atoms with Crippen LogP contribution in [0.4, 0.5) is 10.2 Å². The molecular formula is C26H22FN5O2. The first-order valence-electron chi connectivity index (χ1n) is 10.7. The largest absolute Gasteiger partial charge is 0.333 e. The Hall–Kier alpha value is -4.51. The van der Waals surface area contributed by atoms with E-state index in [0.717, 1.165) is 0 Å². The van der Waals surface area contributed by atoms with Gasteiger partial charge in [-0.2, -0.15) is 5.26 Å². The molecule has 0 saturated heterocycles. The van der Waals surface area contributed by atoms with Gasteiger partial charge in [-0.15, -0.1) is 0 Å². The molecule has 0 atom stereocenters. The molecule has 0 saturated carbocycles. The second-order valence-electron chi connectivity index (χ2n) is 8.08. The number of aromatic nitrogens is 3. The molecule has 1 N–H and O–H groups in total. The minimum absolute atomic E-state index is 0.175. The Morgan fingerprint density at radius 1 is 1.15 bits per heavy atom. The lowest BCUT2D eigenvalue weighted by atomic mass is 10.1. The summed E-state index contributed by atoms with van der Waals surface area (Å²) in [5, 5.41) is 12.2. The van der Waals surface area contributed by atoms with E-state index in [1.807, 2.05) is 6.07 Å². The van der Waals surface area contributed by atoms with Gasteiger partial charge in [0.2, 0.25) is 5.91 Å². The van der Waals surface area contributed by atoms with E-state index in [9.17, 15) is 19.2 Å². The summed E-state index contributed by atoms with van der Waals surface area (Å²) in [7, 11) is 0. The highest BCUT2D eigenvalue weighted by molar-refractivity contribution is 5.91. The van der Waals surface area contributed by atoms with Crippen molar-refractivity contribution in [3.05, 3.63) is 100 Å². The van der Waals surface area contributed by atoms with E-state index in [4.69, 9.17) is 0 Å². The van der Waals surface area contributed by atoms with Gasteiger partial charge in [0.1, 0.15) is 11.6 Å². The van der Waals surface area contributed by atoms with Gasteiger partial charge in [-0.05, 0) is 48.0 Å². The quantitative estimate of drug-likeness (QED) is 0.468. The van der Waals surface area contributed by atoms with Crippen LogP contribution in [-0.4, -0.2) is 20.0 Å². The number of carbonyl (C=O) groups excluding carboxylic acids is 1. The lowest BCUT2D eigenvalue weighted by Crippen LogP contribution is -2.24. The predicted molar refractivity (Wildman–Crippen MR) is 127 cm³/mol. The number of nitrogens with one attached hydrogen (secondary N) is 1. The normalized spacial score (nSPS) is 10.8. The molecule has 0 bridgehead atoms. The number of hydrogen-bond donors (Lipinski definition) is 1. The summed E-state index contributed by atoms with van der Waals surface area (Å²) in [4.78, 5) is 29.8. The van der Waals surface area contributed by atoms with Crippen LogP contribution in [0.2, 0.25) is 0 Å². The third-order valence-electron chi connectivity index (χ3n) is 5.35. The summed E-state index contributed by atoms with van der Waals surface area (Å²) in [5.74, 6) is -0.449. The van der Waals surface area contributed by atoms with Crippen molar-refractivity contribution in [3.63, 3.8) is 0 Å². The van der Waals surface area contributed by atoms with Crippen molar-refractivity contribution in [2.24, 2.45) is 5.92 Å². The minimum atomic E-state index is -0.414. The molecule has 4 rings (SSSR count). The molecule has 8 heteroatoms. The van der Waals surface area contributed by atoms with Crippen LogP contribution in [0.1, 0.15) is 25.0 Å². The molecule has 7 nitrogen and oxygen atoms in total. The SMILES string of the molecule is CC(C)C(=O)Nc1cc(-c2cn(Cc3ccccc3C#N)c(=O)n2-c2ccc(F)cc2)ccn1. The molecule has 170 valence electrons. The van der Waals surface area contributed by atoms with Crippen LogP contribution >= 0.6 is 0 Å². The molecule has 0 fully saturated rings. The smallest absolute Gasteiger partial charge is 0.310 e. The summed E-state index contributed by atoms with van der Waals surface area (Å²) in [6.07, 6.45) is 3.23. The van der Waals surface area contributed by atoms with E-state index in [1.54, 1.807) is 56.6 Å². The number of amides is 1. The summed E-state index contributed by atoms with van der Waals surface area (Å²) >= 11 is 0. The molecule has 0 radical (unpaired) electrons. The number of nitrogens with zero attached hydrogens (tertiary/aromatic N) is 4. The van der Waals surface area contributed by atoms with Crippen molar-refractivity contribution in [2.45, 2.75) is 20.4 Å². The van der Waals surface area contributed by atoms with E-state index >= 15 is 0 Å². The predicted octanol–water partition coefficient (Wildman–Crippen LogP) is 4.35. The van der Waals surface area contributed by atoms with Gasteiger partial charge in [0, 0.05) is 23.9 Å². The molecule has 0 spiro atoms. The zero-order valence-corrected chi connectivity index (χ0v) is 18.7. The second kappa shape index (κ2) is 9.55. The summed E-state index contributed by atoms with van der Waals surface area (Å²) in [6.45, 7) is 3.75. The lowest BCUT2D eigenvalue weighted by Gasteiger charge is -2.10. The molecule has 2 heterocycles. The van der Waals surface area contributed by atoms with Gasteiger partial charge < -0.3 is 5.32 Å². The van der Waals surface area contributed by atoms with E-state index in [2.05, 4.69) is 16.4 Å². The van der Waals surface area contributed by atoms with E-state index in [0.29, 0.717) is 33.9 Å². The molecule has 0 aliphatic carbocycles. The molecule has 4 aromatic rings. The minimum Gasteiger partial charge on any atom is -0.310 e. The number of benzene rings is 2. The number of rotatable bonds is 6. The van der Waals surface area contributed by atoms with Gasteiger partial charge in [-0.3, -0.25) is 13.9 Å². The maximum absolute atomic E-state index is 13.6. The number of imidazole rings is 1. The number of carbonyl (C=O) groups is 1. The lowest BCUT2D eigenvalue weighted by molar-refractivity contribution is -0.118. The Labute approximate surface area is 195 Å². The highest BCUT2D eigenvalue weighted by atomic mass is 19.1. The Kier molecular flexibility index (Phi) is 6.37. The summed E-state index contributed by atoms with van der Waals surface area (Å²) < 4.78 is 16.5. The maximum Gasteiger partial charge on any atom is 0.333 e. The fourth-order valence-corrected chi connectivity index (χ4v) is 3.53. The Morgan fingerprint density at radius 3 is 2.59 bits per heavy atom. The number of halogens is 1. The zero-order chi connectivity index (χ0) is 24.2. The first-order chi connectivity index (χ1) is 16.4. The molecular weight excluding hydrogens is 433 g/mol. The molecule has 1 amide bonds. The molecule has 0 aliphatic rings. The highest BCUT2D eigenvalue weighted by Crippen LogP contribution is 2.24. The topological polar surface area (TPSA) is 92.7 Å². The van der Waals surface area contributed by atoms with Crippen LogP contribution in [0.3, 0.4) is 0 Å². The fourth-order valence-electron chi connectivity index (χ4n) is 3.53. The maximum atomic E-state index is 13.6. The number of hydrogen-bond acceptors (Lipinski definition) is 4. The van der Waals surface area contributed by atoms with Gasteiger partial charge in [0.25, 0.3) is 0 Å². The van der Waals surface area contributed by atoms with Crippen LogP contribution < -0.4 is 11.0 Å². The van der Waals surface area contributed by atoms with Crippen molar-refractivity contribution in [3.8, 4) is 23.0 Å². The fraction of sp³-hybridized carbons (Fsp3) is 0.154. The average Bonchev–Trinajstić information content (AvgIpc) is 3.16. The van der Waals surface area contributed by atoms with Crippen molar-refractivity contribution >= 4 is 11.7 Å². The van der Waals surface area contributed by atoms with Gasteiger partial charge in [0.05, 0.1) is 29.6 Å². The number of nitriles is 1. The van der Waals surface area contributed by atoms with E-state index < -0.39 is 5.82 Å². The third-order valence-corrected chi connectivity index (χ3v) is 5.35. The molecule has 0 unspecified atom stereocenters. The monoisotopic (exact) mass is 455 g/mol. The van der Waals surface area contributed by atoms with Gasteiger partial charge in [0.15, 0.2) is 0 Å². The molecule has 2 aromatic carbocycles. The van der Waals surface area contributed by atoms with Crippen molar-refractivity contribution in [1.82, 2.24) is 14.1 Å². The van der Waals surface area contributed by atoms with Crippen LogP contribution in [0.15, 0.2) is 77.9 Å². The third kappa shape index (κ3) is 4.64. The molecule has 2 aromatic heterocycles. The average molecular weight is 455 g/mol. The highest BCUT2D eigenvalue weighted by Gasteiger charge is 2.17. The van der Waals surface area contributed by atoms with Gasteiger partial charge in [-0.1, -0.05) is 32.0 Å². The molecule has 0 aliphatic heterocycles. The van der Waals surface area contributed by atoms with E-state index in [1.165, 1.54) is 33.4 Å². The van der Waals surface area contributed by atoms with Crippen LogP contribution in [0, 0.1) is 23.1 Å². The van der Waals surface area contributed by atoms with Crippen LogP contribution in [-0.2, 0) is 11.3 Å². The summed E-state index contributed by atoms with van der Waals surface area (Å²) in [6, 6.07) is 18.3. The second-order valence-corrected chi connectivity index (χ2v) is 8.08. The number of anilines is 1. The van der Waals surface area contributed by atoms with Gasteiger partial charge in [-0.25, -0.2) is 14.2 Å². The first kappa shape index (κ1) is 22.7. The Bertz CT molecular complexity index is 1450. The van der Waals surface area contributed by atoms with Gasteiger partial charge >= 0.3 is 5.69 Å². The molecule has 34 heavy (non-hydrogen) atoms. The van der Waals surface area contributed by atoms with Crippen LogP contribution in [0.5, 0.6) is 0 Å².